The molecule has 0 aliphatic carbocycles. The summed E-state index contributed by atoms with van der Waals surface area (Å²) in [6.07, 6.45) is 2.05. The van der Waals surface area contributed by atoms with Gasteiger partial charge in [0.15, 0.2) is 5.11 Å². The van der Waals surface area contributed by atoms with E-state index in [4.69, 9.17) is 17.0 Å². The van der Waals surface area contributed by atoms with Crippen LogP contribution in [0.1, 0.15) is 56.5 Å². The van der Waals surface area contributed by atoms with Gasteiger partial charge in [0.25, 0.3) is 5.91 Å². The third-order valence-corrected chi connectivity index (χ3v) is 4.34. The van der Waals surface area contributed by atoms with Gasteiger partial charge in [0.05, 0.1) is 12.3 Å². The summed E-state index contributed by atoms with van der Waals surface area (Å²) >= 11 is 5.29. The van der Waals surface area contributed by atoms with E-state index < -0.39 is 0 Å². The number of thiocarbonyl (C=S) groups is 1. The topological polar surface area (TPSA) is 50.4 Å². The molecular formula is C22H28N2O2S. The first-order valence-corrected chi connectivity index (χ1v) is 9.67. The number of anilines is 1. The minimum Gasteiger partial charge on any atom is -0.491 e. The summed E-state index contributed by atoms with van der Waals surface area (Å²) in [5, 5.41) is 6.01. The molecule has 0 aliphatic heterocycles. The van der Waals surface area contributed by atoms with E-state index in [0.29, 0.717) is 12.2 Å². The first kappa shape index (κ1) is 20.9. The summed E-state index contributed by atoms with van der Waals surface area (Å²) in [5.41, 5.74) is 2.53. The zero-order valence-corrected chi connectivity index (χ0v) is 17.3. The van der Waals surface area contributed by atoms with Gasteiger partial charge in [0.2, 0.25) is 0 Å². The Morgan fingerprint density at radius 3 is 2.37 bits per heavy atom. The number of amides is 1. The second kappa shape index (κ2) is 9.51. The maximum Gasteiger partial charge on any atom is 0.257 e. The number of para-hydroxylation sites is 2. The summed E-state index contributed by atoms with van der Waals surface area (Å²) in [6, 6.07) is 15.1. The summed E-state index contributed by atoms with van der Waals surface area (Å²) in [4.78, 5) is 12.4. The van der Waals surface area contributed by atoms with Gasteiger partial charge in [0, 0.05) is 5.56 Å². The number of hydrogen-bond acceptors (Lipinski definition) is 3. The van der Waals surface area contributed by atoms with Crippen LogP contribution in [-0.2, 0) is 5.41 Å². The second-order valence-electron chi connectivity index (χ2n) is 7.43. The molecule has 0 spiro atoms. The fourth-order valence-corrected chi connectivity index (χ4v) is 2.68. The minimum absolute atomic E-state index is 0.0490. The van der Waals surface area contributed by atoms with Crippen LogP contribution in [-0.4, -0.2) is 17.6 Å². The monoisotopic (exact) mass is 384 g/mol. The Labute approximate surface area is 167 Å². The van der Waals surface area contributed by atoms with E-state index in [1.165, 1.54) is 5.56 Å². The van der Waals surface area contributed by atoms with Crippen molar-refractivity contribution in [1.29, 1.82) is 0 Å². The Bertz CT molecular complexity index is 780. The lowest BCUT2D eigenvalue weighted by Gasteiger charge is -2.19. The standard InChI is InChI=1S/C22H28N2O2S/c1-5-6-15-26-19-10-8-7-9-18(19)23-21(27)24-20(25)16-11-13-17(14-12-16)22(2,3)4/h7-14H,5-6,15H2,1-4H3,(H2,23,24,25,27). The summed E-state index contributed by atoms with van der Waals surface area (Å²) in [7, 11) is 0. The lowest BCUT2D eigenvalue weighted by Crippen LogP contribution is -2.34. The molecule has 2 aromatic carbocycles. The SMILES string of the molecule is CCCCOc1ccccc1NC(=S)NC(=O)c1ccc(C(C)(C)C)cc1. The van der Waals surface area contributed by atoms with Crippen molar-refractivity contribution in [2.75, 3.05) is 11.9 Å². The zero-order chi connectivity index (χ0) is 19.9. The van der Waals surface area contributed by atoms with Gasteiger partial charge >= 0.3 is 0 Å². The van der Waals surface area contributed by atoms with E-state index in [-0.39, 0.29) is 16.4 Å². The molecule has 144 valence electrons. The number of carbonyl (C=O) groups is 1. The molecule has 0 bridgehead atoms. The molecular weight excluding hydrogens is 356 g/mol. The van der Waals surface area contributed by atoms with Crippen molar-refractivity contribution in [2.45, 2.75) is 46.0 Å². The highest BCUT2D eigenvalue weighted by molar-refractivity contribution is 7.80. The van der Waals surface area contributed by atoms with Crippen LogP contribution in [0.3, 0.4) is 0 Å². The van der Waals surface area contributed by atoms with Crippen molar-refractivity contribution in [3.63, 3.8) is 0 Å². The number of hydrogen-bond donors (Lipinski definition) is 2. The molecule has 0 atom stereocenters. The first-order valence-electron chi connectivity index (χ1n) is 9.26. The van der Waals surface area contributed by atoms with E-state index in [0.717, 1.165) is 24.3 Å². The number of unbranched alkanes of at least 4 members (excludes halogenated alkanes) is 1. The average Bonchev–Trinajstić information content (AvgIpc) is 2.62. The highest BCUT2D eigenvalue weighted by Crippen LogP contribution is 2.24. The fourth-order valence-electron chi connectivity index (χ4n) is 2.47. The van der Waals surface area contributed by atoms with Crippen LogP contribution in [0, 0.1) is 0 Å². The normalized spacial score (nSPS) is 11.0. The highest BCUT2D eigenvalue weighted by atomic mass is 32.1. The maximum absolute atomic E-state index is 12.4. The highest BCUT2D eigenvalue weighted by Gasteiger charge is 2.15. The predicted octanol–water partition coefficient (Wildman–Crippen LogP) is 5.29. The molecule has 0 fully saturated rings. The Kier molecular flexibility index (Phi) is 7.36. The average molecular weight is 385 g/mol. The van der Waals surface area contributed by atoms with Crippen molar-refractivity contribution < 1.29 is 9.53 Å². The van der Waals surface area contributed by atoms with Gasteiger partial charge < -0.3 is 10.1 Å². The predicted molar refractivity (Wildman–Crippen MR) is 116 cm³/mol. The van der Waals surface area contributed by atoms with Crippen LogP contribution < -0.4 is 15.4 Å². The van der Waals surface area contributed by atoms with Gasteiger partial charge in [0.1, 0.15) is 5.75 Å². The Balaban J connectivity index is 1.98. The molecule has 0 saturated heterocycles. The van der Waals surface area contributed by atoms with Gasteiger partial charge in [-0.25, -0.2) is 0 Å². The Morgan fingerprint density at radius 2 is 1.74 bits per heavy atom. The molecule has 0 saturated carbocycles. The lowest BCUT2D eigenvalue weighted by atomic mass is 9.87. The largest absolute Gasteiger partial charge is 0.491 e. The molecule has 0 aliphatic rings. The van der Waals surface area contributed by atoms with Crippen LogP contribution in [0.5, 0.6) is 5.75 Å². The molecule has 0 heterocycles. The van der Waals surface area contributed by atoms with Crippen molar-refractivity contribution in [2.24, 2.45) is 0 Å². The van der Waals surface area contributed by atoms with Crippen molar-refractivity contribution in [3.8, 4) is 5.75 Å². The van der Waals surface area contributed by atoms with E-state index in [1.54, 1.807) is 0 Å². The Hall–Kier alpha value is -2.40. The van der Waals surface area contributed by atoms with E-state index in [2.05, 4.69) is 38.3 Å². The number of nitrogens with one attached hydrogen (secondary N) is 2. The van der Waals surface area contributed by atoms with Crippen LogP contribution in [0.4, 0.5) is 5.69 Å². The molecule has 2 rings (SSSR count). The van der Waals surface area contributed by atoms with Gasteiger partial charge in [-0.05, 0) is 53.9 Å². The van der Waals surface area contributed by atoms with Crippen LogP contribution in [0.2, 0.25) is 0 Å². The third kappa shape index (κ3) is 6.36. The van der Waals surface area contributed by atoms with E-state index in [9.17, 15) is 4.79 Å². The maximum atomic E-state index is 12.4. The molecule has 0 radical (unpaired) electrons. The minimum atomic E-state index is -0.239. The first-order chi connectivity index (χ1) is 12.8. The smallest absolute Gasteiger partial charge is 0.257 e. The lowest BCUT2D eigenvalue weighted by molar-refractivity contribution is 0.0977. The number of carbonyl (C=O) groups excluding carboxylic acids is 1. The summed E-state index contributed by atoms with van der Waals surface area (Å²) in [6.45, 7) is 9.18. The number of benzene rings is 2. The molecule has 1 amide bonds. The van der Waals surface area contributed by atoms with E-state index >= 15 is 0 Å². The van der Waals surface area contributed by atoms with Crippen LogP contribution >= 0.6 is 12.2 Å². The van der Waals surface area contributed by atoms with Crippen molar-refractivity contribution in [1.82, 2.24) is 5.32 Å². The molecule has 0 aromatic heterocycles. The van der Waals surface area contributed by atoms with Crippen molar-refractivity contribution >= 4 is 28.9 Å². The third-order valence-electron chi connectivity index (χ3n) is 4.13. The summed E-state index contributed by atoms with van der Waals surface area (Å²) in [5.74, 6) is 0.481. The molecule has 5 heteroatoms. The molecule has 4 nitrogen and oxygen atoms in total. The second-order valence-corrected chi connectivity index (χ2v) is 7.84. The summed E-state index contributed by atoms with van der Waals surface area (Å²) < 4.78 is 5.78. The number of rotatable bonds is 6. The number of ether oxygens (including phenoxy) is 1. The molecule has 2 aromatic rings. The molecule has 2 N–H and O–H groups in total. The van der Waals surface area contributed by atoms with Crippen LogP contribution in [0.15, 0.2) is 48.5 Å². The zero-order valence-electron chi connectivity index (χ0n) is 16.5. The molecule has 0 unspecified atom stereocenters. The van der Waals surface area contributed by atoms with E-state index in [1.807, 2.05) is 48.5 Å². The Morgan fingerprint density at radius 1 is 1.07 bits per heavy atom. The quantitative estimate of drug-likeness (QED) is 0.525. The van der Waals surface area contributed by atoms with Gasteiger partial charge in [-0.15, -0.1) is 0 Å². The fraction of sp³-hybridized carbons (Fsp3) is 0.364. The van der Waals surface area contributed by atoms with Crippen LogP contribution in [0.25, 0.3) is 0 Å². The van der Waals surface area contributed by atoms with Gasteiger partial charge in [-0.1, -0.05) is 58.4 Å². The van der Waals surface area contributed by atoms with Gasteiger partial charge in [-0.2, -0.15) is 0 Å². The van der Waals surface area contributed by atoms with Gasteiger partial charge in [-0.3, -0.25) is 10.1 Å². The van der Waals surface area contributed by atoms with Crippen molar-refractivity contribution in [3.05, 3.63) is 59.7 Å². The molecule has 27 heavy (non-hydrogen) atoms.